The molecule has 2 rings (SSSR count). The van der Waals surface area contributed by atoms with Crippen LogP contribution in [-0.4, -0.2) is 23.8 Å². The largest absolute Gasteiger partial charge is 0.421 e. The van der Waals surface area contributed by atoms with Crippen LogP contribution < -0.4 is 5.32 Å². The van der Waals surface area contributed by atoms with Crippen molar-refractivity contribution in [1.82, 2.24) is 15.5 Å². The summed E-state index contributed by atoms with van der Waals surface area (Å²) in [6.45, 7) is 0.840. The Balaban J connectivity index is 2.13. The summed E-state index contributed by atoms with van der Waals surface area (Å²) in [5, 5.41) is 10.6. The first kappa shape index (κ1) is 12.6. The summed E-state index contributed by atoms with van der Waals surface area (Å²) < 4.78 is 31.4. The van der Waals surface area contributed by atoms with Gasteiger partial charge in [-0.2, -0.15) is 0 Å². The van der Waals surface area contributed by atoms with Gasteiger partial charge in [-0.25, -0.2) is 8.78 Å². The van der Waals surface area contributed by atoms with E-state index in [1.165, 1.54) is 0 Å². The lowest BCUT2D eigenvalue weighted by Crippen LogP contribution is -2.08. The van der Waals surface area contributed by atoms with Crippen molar-refractivity contribution >= 4 is 0 Å². The molecule has 0 fully saturated rings. The molecule has 0 bridgehead atoms. The summed E-state index contributed by atoms with van der Waals surface area (Å²) in [5.41, 5.74) is 0.250. The smallest absolute Gasteiger partial charge is 0.247 e. The second kappa shape index (κ2) is 5.68. The van der Waals surface area contributed by atoms with Crippen molar-refractivity contribution in [2.45, 2.75) is 12.8 Å². The first-order valence-corrected chi connectivity index (χ1v) is 5.62. The van der Waals surface area contributed by atoms with E-state index in [0.29, 0.717) is 12.3 Å². The zero-order chi connectivity index (χ0) is 13.0. The van der Waals surface area contributed by atoms with Gasteiger partial charge in [0.25, 0.3) is 0 Å². The third-order valence-corrected chi connectivity index (χ3v) is 2.39. The fourth-order valence-corrected chi connectivity index (χ4v) is 1.56. The molecule has 0 aliphatic heterocycles. The normalized spacial score (nSPS) is 10.8. The number of aromatic nitrogens is 2. The van der Waals surface area contributed by atoms with Crippen LogP contribution in [0.2, 0.25) is 0 Å². The highest BCUT2D eigenvalue weighted by Crippen LogP contribution is 2.20. The van der Waals surface area contributed by atoms with Gasteiger partial charge in [0, 0.05) is 18.1 Å². The van der Waals surface area contributed by atoms with Gasteiger partial charge in [0.05, 0.1) is 0 Å². The first-order valence-electron chi connectivity index (χ1n) is 5.62. The van der Waals surface area contributed by atoms with Crippen molar-refractivity contribution in [3.63, 3.8) is 0 Å². The van der Waals surface area contributed by atoms with Crippen LogP contribution in [0, 0.1) is 11.6 Å². The molecule has 1 heterocycles. The Morgan fingerprint density at radius 2 is 1.89 bits per heavy atom. The van der Waals surface area contributed by atoms with E-state index in [4.69, 9.17) is 4.42 Å². The molecule has 1 aromatic carbocycles. The molecule has 0 unspecified atom stereocenters. The molecule has 0 atom stereocenters. The molecule has 0 saturated carbocycles. The zero-order valence-corrected chi connectivity index (χ0v) is 9.91. The Kier molecular flexibility index (Phi) is 3.99. The second-order valence-electron chi connectivity index (χ2n) is 3.87. The number of rotatable bonds is 5. The maximum absolute atomic E-state index is 13.0. The number of benzene rings is 1. The lowest BCUT2D eigenvalue weighted by molar-refractivity contribution is 0.493. The minimum atomic E-state index is -0.667. The van der Waals surface area contributed by atoms with Crippen LogP contribution in [0.3, 0.4) is 0 Å². The fourth-order valence-electron chi connectivity index (χ4n) is 1.56. The lowest BCUT2D eigenvalue weighted by Gasteiger charge is -1.96. The van der Waals surface area contributed by atoms with Crippen LogP contribution in [0.25, 0.3) is 11.5 Å². The number of nitrogens with zero attached hydrogens (tertiary/aromatic N) is 2. The minimum Gasteiger partial charge on any atom is -0.421 e. The van der Waals surface area contributed by atoms with Crippen LogP contribution in [0.5, 0.6) is 0 Å². The highest BCUT2D eigenvalue weighted by Gasteiger charge is 2.10. The molecule has 96 valence electrons. The van der Waals surface area contributed by atoms with Gasteiger partial charge in [-0.15, -0.1) is 10.2 Å². The molecular weight excluding hydrogens is 240 g/mol. The number of nitrogens with one attached hydrogen (secondary N) is 1. The first-order chi connectivity index (χ1) is 8.69. The number of halogens is 2. The van der Waals surface area contributed by atoms with E-state index in [-0.39, 0.29) is 11.5 Å². The van der Waals surface area contributed by atoms with Crippen LogP contribution in [-0.2, 0) is 6.42 Å². The van der Waals surface area contributed by atoms with E-state index in [0.717, 1.165) is 31.2 Å². The van der Waals surface area contributed by atoms with Gasteiger partial charge in [-0.05, 0) is 32.1 Å². The lowest BCUT2D eigenvalue weighted by atomic mass is 10.2. The molecular formula is C12H13F2N3O. The average molecular weight is 253 g/mol. The predicted octanol–water partition coefficient (Wildman–Crippen LogP) is 2.17. The van der Waals surface area contributed by atoms with Crippen molar-refractivity contribution in [3.05, 3.63) is 35.7 Å². The highest BCUT2D eigenvalue weighted by atomic mass is 19.1. The van der Waals surface area contributed by atoms with Crippen LogP contribution in [0.4, 0.5) is 8.78 Å². The van der Waals surface area contributed by atoms with E-state index in [9.17, 15) is 8.78 Å². The number of hydrogen-bond acceptors (Lipinski definition) is 4. The molecule has 0 radical (unpaired) electrons. The number of aryl methyl sites for hydroxylation is 1. The molecule has 2 aromatic rings. The molecule has 0 amide bonds. The van der Waals surface area contributed by atoms with Crippen LogP contribution in [0.15, 0.2) is 22.6 Å². The van der Waals surface area contributed by atoms with E-state index in [1.54, 1.807) is 0 Å². The van der Waals surface area contributed by atoms with Gasteiger partial charge in [-0.3, -0.25) is 0 Å². The number of hydrogen-bond donors (Lipinski definition) is 1. The Morgan fingerprint density at radius 1 is 1.17 bits per heavy atom. The summed E-state index contributed by atoms with van der Waals surface area (Å²) in [4.78, 5) is 0. The Labute approximate surface area is 103 Å². The third-order valence-electron chi connectivity index (χ3n) is 2.39. The van der Waals surface area contributed by atoms with Crippen LogP contribution in [0.1, 0.15) is 12.3 Å². The summed E-state index contributed by atoms with van der Waals surface area (Å²) in [5.74, 6) is -0.738. The van der Waals surface area contributed by atoms with Crippen molar-refractivity contribution < 1.29 is 13.2 Å². The van der Waals surface area contributed by atoms with Gasteiger partial charge in [0.1, 0.15) is 11.6 Å². The standard InChI is InChI=1S/C12H13F2N3O/c1-15-4-2-3-11-16-17-12(18-11)8-5-9(13)7-10(14)6-8/h5-7,15H,2-4H2,1H3. The maximum Gasteiger partial charge on any atom is 0.247 e. The monoisotopic (exact) mass is 253 g/mol. The van der Waals surface area contributed by atoms with Gasteiger partial charge in [0.15, 0.2) is 0 Å². The average Bonchev–Trinajstić information content (AvgIpc) is 2.77. The van der Waals surface area contributed by atoms with Crippen molar-refractivity contribution in [3.8, 4) is 11.5 Å². The molecule has 0 aliphatic carbocycles. The fraction of sp³-hybridized carbons (Fsp3) is 0.333. The summed E-state index contributed by atoms with van der Waals surface area (Å²) in [6.07, 6.45) is 1.49. The third kappa shape index (κ3) is 3.10. The van der Waals surface area contributed by atoms with Gasteiger partial charge < -0.3 is 9.73 Å². The van der Waals surface area contributed by atoms with E-state index < -0.39 is 11.6 Å². The highest BCUT2D eigenvalue weighted by molar-refractivity contribution is 5.52. The topological polar surface area (TPSA) is 51.0 Å². The van der Waals surface area contributed by atoms with E-state index in [1.807, 2.05) is 7.05 Å². The second-order valence-corrected chi connectivity index (χ2v) is 3.87. The maximum atomic E-state index is 13.0. The molecule has 18 heavy (non-hydrogen) atoms. The Hall–Kier alpha value is -1.82. The summed E-state index contributed by atoms with van der Waals surface area (Å²) >= 11 is 0. The molecule has 0 aliphatic rings. The predicted molar refractivity (Wildman–Crippen MR) is 61.9 cm³/mol. The zero-order valence-electron chi connectivity index (χ0n) is 9.91. The van der Waals surface area contributed by atoms with E-state index >= 15 is 0 Å². The molecule has 4 nitrogen and oxygen atoms in total. The van der Waals surface area contributed by atoms with Gasteiger partial charge >= 0.3 is 0 Å². The van der Waals surface area contributed by atoms with Gasteiger partial charge in [0.2, 0.25) is 11.8 Å². The Bertz CT molecular complexity index is 508. The molecule has 0 spiro atoms. The van der Waals surface area contributed by atoms with Crippen molar-refractivity contribution in [2.24, 2.45) is 0 Å². The van der Waals surface area contributed by atoms with Crippen LogP contribution >= 0.6 is 0 Å². The molecule has 1 aromatic heterocycles. The summed E-state index contributed by atoms with van der Waals surface area (Å²) in [6, 6.07) is 3.12. The minimum absolute atomic E-state index is 0.132. The molecule has 1 N–H and O–H groups in total. The van der Waals surface area contributed by atoms with Crippen molar-refractivity contribution in [1.29, 1.82) is 0 Å². The molecule has 6 heteroatoms. The summed E-state index contributed by atoms with van der Waals surface area (Å²) in [7, 11) is 1.86. The van der Waals surface area contributed by atoms with Crippen molar-refractivity contribution in [2.75, 3.05) is 13.6 Å². The van der Waals surface area contributed by atoms with Gasteiger partial charge in [-0.1, -0.05) is 0 Å². The quantitative estimate of drug-likeness (QED) is 0.830. The van der Waals surface area contributed by atoms with E-state index in [2.05, 4.69) is 15.5 Å². The molecule has 0 saturated heterocycles. The SMILES string of the molecule is CNCCCc1nnc(-c2cc(F)cc(F)c2)o1. The Morgan fingerprint density at radius 3 is 2.56 bits per heavy atom.